The third-order valence-corrected chi connectivity index (χ3v) is 8.58. The van der Waals surface area contributed by atoms with E-state index in [0.717, 1.165) is 18.2 Å². The number of aliphatic hydroxyl groups excluding tert-OH is 2. The SMILES string of the molecule is CN(C)c1cc(NCc2cc(F)cc(F)c2)c(O)c2c1C[C@@H]1C[C@@H]3[C@@H](N(C)C)C(=O)C(C(N)=O)=C(O)[C@]3(O)C(=O)C1=C2O. The van der Waals surface area contributed by atoms with Gasteiger partial charge in [0.05, 0.1) is 17.3 Å². The summed E-state index contributed by atoms with van der Waals surface area (Å²) in [5.41, 5.74) is 2.72. The van der Waals surface area contributed by atoms with Crippen molar-refractivity contribution >= 4 is 34.6 Å². The van der Waals surface area contributed by atoms with Crippen LogP contribution >= 0.6 is 0 Å². The number of primary amides is 1. The van der Waals surface area contributed by atoms with E-state index in [2.05, 4.69) is 5.32 Å². The number of aromatic hydroxyl groups is 1. The van der Waals surface area contributed by atoms with Crippen LogP contribution in [0, 0.1) is 23.5 Å². The van der Waals surface area contributed by atoms with E-state index in [0.29, 0.717) is 11.3 Å². The summed E-state index contributed by atoms with van der Waals surface area (Å²) in [6.07, 6.45) is 0.0789. The number of nitrogens with two attached hydrogens (primary N) is 1. The number of benzene rings is 2. The second-order valence-electron chi connectivity index (χ2n) is 11.6. The van der Waals surface area contributed by atoms with E-state index in [1.165, 1.54) is 19.0 Å². The number of aliphatic hydroxyl groups is 3. The lowest BCUT2D eigenvalue weighted by Gasteiger charge is -2.50. The third kappa shape index (κ3) is 4.50. The van der Waals surface area contributed by atoms with E-state index in [-0.39, 0.29) is 41.8 Å². The average Bonchev–Trinajstić information content (AvgIpc) is 2.89. The Bertz CT molecular complexity index is 1630. The molecule has 2 aromatic carbocycles. The minimum atomic E-state index is -2.75. The van der Waals surface area contributed by atoms with Crippen LogP contribution in [0.5, 0.6) is 5.75 Å². The summed E-state index contributed by atoms with van der Waals surface area (Å²) in [4.78, 5) is 42.6. The fourth-order valence-corrected chi connectivity index (χ4v) is 6.74. The van der Waals surface area contributed by atoms with Gasteiger partial charge in [-0.1, -0.05) is 0 Å². The first-order chi connectivity index (χ1) is 20.1. The van der Waals surface area contributed by atoms with Gasteiger partial charge < -0.3 is 36.4 Å². The number of nitrogens with one attached hydrogen (secondary N) is 1. The van der Waals surface area contributed by atoms with Crippen molar-refractivity contribution in [3.05, 3.63) is 69.5 Å². The molecule has 0 spiro atoms. The molecule has 2 aromatic rings. The molecule has 0 radical (unpaired) electrons. The van der Waals surface area contributed by atoms with Crippen LogP contribution in [0.25, 0.3) is 5.76 Å². The standard InChI is InChI=1S/C30H32F2N4O7/c1-35(2)19-10-18(34-11-12-5-14(31)9-15(32)6-12)24(37)21-16(19)7-13-8-17-23(36(3)4)26(39)22(29(33)42)28(41)30(17,43)27(40)20(13)25(21)38/h5-6,9-10,13,17,23,34,37-38,41,43H,7-8,11H2,1-4H3,(H2,33,42)/t13-,17-,23-,30-/m1/s1. The lowest BCUT2D eigenvalue weighted by Crippen LogP contribution is -2.65. The van der Waals surface area contributed by atoms with Gasteiger partial charge >= 0.3 is 0 Å². The number of Topliss-reactive ketones (excluding diaryl/α,β-unsaturated/α-hetero) is 2. The van der Waals surface area contributed by atoms with Crippen LogP contribution in [0.4, 0.5) is 20.2 Å². The molecule has 0 aromatic heterocycles. The number of nitrogens with zero attached hydrogens (tertiary/aromatic N) is 2. The van der Waals surface area contributed by atoms with Crippen molar-refractivity contribution < 1.29 is 43.6 Å². The number of phenolic OH excluding ortho intramolecular Hbond substituents is 1. The Balaban J connectivity index is 1.66. The highest BCUT2D eigenvalue weighted by molar-refractivity contribution is 6.24. The number of ketones is 2. The van der Waals surface area contributed by atoms with Gasteiger partial charge in [-0.25, -0.2) is 8.78 Å². The average molecular weight is 599 g/mol. The summed E-state index contributed by atoms with van der Waals surface area (Å²) in [6, 6.07) is 3.39. The molecule has 13 heteroatoms. The molecule has 5 rings (SSSR count). The van der Waals surface area contributed by atoms with Crippen molar-refractivity contribution in [1.29, 1.82) is 0 Å². The van der Waals surface area contributed by atoms with Gasteiger partial charge in [0.15, 0.2) is 11.4 Å². The van der Waals surface area contributed by atoms with Crippen molar-refractivity contribution in [2.24, 2.45) is 17.6 Å². The number of phenols is 1. The third-order valence-electron chi connectivity index (χ3n) is 8.58. The molecule has 0 saturated heterocycles. The molecule has 0 aliphatic heterocycles. The molecule has 3 aliphatic rings. The fourth-order valence-electron chi connectivity index (χ4n) is 6.74. The molecule has 1 saturated carbocycles. The summed E-state index contributed by atoms with van der Waals surface area (Å²) in [5, 5.41) is 48.6. The minimum Gasteiger partial charge on any atom is -0.508 e. The molecular weight excluding hydrogens is 566 g/mol. The molecule has 228 valence electrons. The molecule has 1 fully saturated rings. The molecule has 0 heterocycles. The Morgan fingerprint density at radius 2 is 1.70 bits per heavy atom. The summed E-state index contributed by atoms with van der Waals surface area (Å²) in [5.74, 6) is -8.99. The van der Waals surface area contributed by atoms with Gasteiger partial charge in [0.2, 0.25) is 5.78 Å². The monoisotopic (exact) mass is 598 g/mol. The van der Waals surface area contributed by atoms with Crippen LogP contribution in [-0.2, 0) is 27.3 Å². The summed E-state index contributed by atoms with van der Waals surface area (Å²) >= 11 is 0. The number of rotatable bonds is 6. The molecule has 3 aliphatic carbocycles. The van der Waals surface area contributed by atoms with Crippen LogP contribution in [-0.4, -0.2) is 82.6 Å². The van der Waals surface area contributed by atoms with E-state index in [4.69, 9.17) is 5.73 Å². The second-order valence-corrected chi connectivity index (χ2v) is 11.6. The first kappa shape index (κ1) is 30.0. The Morgan fingerprint density at radius 1 is 1.07 bits per heavy atom. The zero-order chi connectivity index (χ0) is 31.7. The van der Waals surface area contributed by atoms with Crippen LogP contribution in [0.3, 0.4) is 0 Å². The number of carbonyl (C=O) groups is 3. The zero-order valence-electron chi connectivity index (χ0n) is 23.9. The number of amides is 1. The highest BCUT2D eigenvalue weighted by Crippen LogP contribution is 2.54. The first-order valence-corrected chi connectivity index (χ1v) is 13.5. The van der Waals surface area contributed by atoms with Gasteiger partial charge in [0, 0.05) is 43.9 Å². The second kappa shape index (κ2) is 10.3. The van der Waals surface area contributed by atoms with Crippen LogP contribution in [0.2, 0.25) is 0 Å². The lowest BCUT2D eigenvalue weighted by atomic mass is 9.57. The predicted octanol–water partition coefficient (Wildman–Crippen LogP) is 1.92. The molecule has 11 nitrogen and oxygen atoms in total. The number of hydrogen-bond acceptors (Lipinski definition) is 10. The number of fused-ring (bicyclic) bond motifs is 3. The highest BCUT2D eigenvalue weighted by atomic mass is 19.1. The maximum absolute atomic E-state index is 14.1. The lowest BCUT2D eigenvalue weighted by molar-refractivity contribution is -0.153. The Kier molecular flexibility index (Phi) is 7.22. The van der Waals surface area contributed by atoms with Crippen molar-refractivity contribution in [2.45, 2.75) is 31.0 Å². The van der Waals surface area contributed by atoms with E-state index in [9.17, 15) is 43.6 Å². The number of halogens is 2. The molecule has 4 atom stereocenters. The first-order valence-electron chi connectivity index (χ1n) is 13.5. The van der Waals surface area contributed by atoms with Crippen LogP contribution in [0.15, 0.2) is 41.2 Å². The predicted molar refractivity (Wildman–Crippen MR) is 152 cm³/mol. The van der Waals surface area contributed by atoms with Crippen LogP contribution in [0.1, 0.15) is 23.1 Å². The summed E-state index contributed by atoms with van der Waals surface area (Å²) in [7, 11) is 6.52. The van der Waals surface area contributed by atoms with E-state index >= 15 is 0 Å². The van der Waals surface area contributed by atoms with Gasteiger partial charge in [0.25, 0.3) is 5.91 Å². The highest BCUT2D eigenvalue weighted by Gasteiger charge is 2.64. The fraction of sp³-hybridized carbons (Fsp3) is 0.367. The number of anilines is 2. The maximum Gasteiger partial charge on any atom is 0.255 e. The maximum atomic E-state index is 14.1. The number of likely N-dealkylation sites (N-methyl/N-ethyl adjacent to an activating group) is 1. The molecule has 0 unspecified atom stereocenters. The Morgan fingerprint density at radius 3 is 2.26 bits per heavy atom. The van der Waals surface area contributed by atoms with Crippen molar-refractivity contribution in [3.63, 3.8) is 0 Å². The normalized spacial score (nSPS) is 25.0. The molecule has 7 N–H and O–H groups in total. The van der Waals surface area contributed by atoms with Gasteiger partial charge in [-0.15, -0.1) is 0 Å². The van der Waals surface area contributed by atoms with E-state index < -0.39 is 75.4 Å². The zero-order valence-corrected chi connectivity index (χ0v) is 23.9. The summed E-state index contributed by atoms with van der Waals surface area (Å²) in [6.45, 7) is -0.0945. The molecule has 0 bridgehead atoms. The van der Waals surface area contributed by atoms with E-state index in [1.807, 2.05) is 0 Å². The van der Waals surface area contributed by atoms with Crippen LogP contribution < -0.4 is 16.0 Å². The van der Waals surface area contributed by atoms with Gasteiger partial charge in [0.1, 0.15) is 34.5 Å². The smallest absolute Gasteiger partial charge is 0.255 e. The van der Waals surface area contributed by atoms with Gasteiger partial charge in [-0.05, 0) is 62.2 Å². The summed E-state index contributed by atoms with van der Waals surface area (Å²) < 4.78 is 27.5. The Labute approximate surface area is 245 Å². The largest absolute Gasteiger partial charge is 0.508 e. The topological polar surface area (TPSA) is 177 Å². The Hall–Kier alpha value is -4.49. The van der Waals surface area contributed by atoms with Crippen molar-refractivity contribution in [1.82, 2.24) is 4.90 Å². The van der Waals surface area contributed by atoms with Gasteiger partial charge in [-0.3, -0.25) is 19.3 Å². The number of hydrogen-bond donors (Lipinski definition) is 6. The molecule has 1 amide bonds. The van der Waals surface area contributed by atoms with E-state index in [1.54, 1.807) is 25.1 Å². The molecular formula is C30H32F2N4O7. The van der Waals surface area contributed by atoms with Crippen molar-refractivity contribution in [3.8, 4) is 5.75 Å². The minimum absolute atomic E-state index is 0.0372. The number of carbonyl (C=O) groups excluding carboxylic acids is 3. The van der Waals surface area contributed by atoms with Gasteiger partial charge in [-0.2, -0.15) is 0 Å². The van der Waals surface area contributed by atoms with Crippen molar-refractivity contribution in [2.75, 3.05) is 38.4 Å². The molecule has 43 heavy (non-hydrogen) atoms. The quantitative estimate of drug-likeness (QED) is 0.213.